The number of rotatable bonds is 5. The van der Waals surface area contributed by atoms with Gasteiger partial charge in [0.15, 0.2) is 0 Å². The molecule has 1 unspecified atom stereocenters. The molecule has 0 aromatic heterocycles. The number of benzene rings is 1. The minimum absolute atomic E-state index is 0.0712. The first-order chi connectivity index (χ1) is 8.22. The second-order valence-electron chi connectivity index (χ2n) is 4.22. The van der Waals surface area contributed by atoms with E-state index in [4.69, 9.17) is 23.2 Å². The largest absolute Gasteiger partial charge is 0.240 e. The second-order valence-corrected chi connectivity index (χ2v) is 8.03. The first kappa shape index (κ1) is 16.2. The molecule has 0 aliphatic rings. The van der Waals surface area contributed by atoms with E-state index in [9.17, 15) is 8.42 Å². The Balaban J connectivity index is 2.86. The van der Waals surface area contributed by atoms with Gasteiger partial charge in [-0.05, 0) is 24.1 Å². The van der Waals surface area contributed by atoms with Crippen molar-refractivity contribution in [2.75, 3.05) is 6.54 Å². The molecule has 18 heavy (non-hydrogen) atoms. The van der Waals surface area contributed by atoms with Gasteiger partial charge in [-0.1, -0.05) is 53.0 Å². The molecule has 0 saturated heterocycles. The number of alkyl halides is 1. The van der Waals surface area contributed by atoms with Gasteiger partial charge in [-0.2, -0.15) is 0 Å². The molecule has 7 heteroatoms. The highest BCUT2D eigenvalue weighted by atomic mass is 79.9. The molecule has 3 nitrogen and oxygen atoms in total. The van der Waals surface area contributed by atoms with Crippen molar-refractivity contribution in [3.63, 3.8) is 0 Å². The Bertz CT molecular complexity index is 500. The van der Waals surface area contributed by atoms with E-state index in [1.165, 1.54) is 18.2 Å². The molecule has 0 radical (unpaired) electrons. The van der Waals surface area contributed by atoms with Crippen molar-refractivity contribution in [3.8, 4) is 0 Å². The van der Waals surface area contributed by atoms with E-state index < -0.39 is 10.0 Å². The first-order valence-electron chi connectivity index (χ1n) is 5.32. The van der Waals surface area contributed by atoms with Crippen LogP contribution in [-0.2, 0) is 10.0 Å². The van der Waals surface area contributed by atoms with Gasteiger partial charge in [-0.15, -0.1) is 0 Å². The van der Waals surface area contributed by atoms with Crippen LogP contribution in [0.2, 0.25) is 10.0 Å². The summed E-state index contributed by atoms with van der Waals surface area (Å²) in [5.41, 5.74) is 0. The molecule has 0 aliphatic carbocycles. The Morgan fingerprint density at radius 1 is 1.22 bits per heavy atom. The summed E-state index contributed by atoms with van der Waals surface area (Å²) in [5.74, 6) is 0.329. The van der Waals surface area contributed by atoms with E-state index in [0.29, 0.717) is 22.5 Å². The van der Waals surface area contributed by atoms with E-state index in [-0.39, 0.29) is 9.72 Å². The minimum Gasteiger partial charge on any atom is -0.210 e. The summed E-state index contributed by atoms with van der Waals surface area (Å²) in [4.78, 5) is 0.144. The average molecular weight is 375 g/mol. The van der Waals surface area contributed by atoms with Crippen molar-refractivity contribution >= 4 is 49.2 Å². The molecule has 0 aliphatic heterocycles. The van der Waals surface area contributed by atoms with Crippen LogP contribution in [0.25, 0.3) is 0 Å². The zero-order valence-electron chi connectivity index (χ0n) is 9.95. The molecule has 1 N–H and O–H groups in total. The highest BCUT2D eigenvalue weighted by molar-refractivity contribution is 9.09. The van der Waals surface area contributed by atoms with E-state index in [1.807, 2.05) is 13.8 Å². The average Bonchev–Trinajstić information content (AvgIpc) is 2.24. The fourth-order valence-corrected chi connectivity index (χ4v) is 3.35. The monoisotopic (exact) mass is 373 g/mol. The molecular weight excluding hydrogens is 361 g/mol. The van der Waals surface area contributed by atoms with Crippen LogP contribution < -0.4 is 4.72 Å². The van der Waals surface area contributed by atoms with Gasteiger partial charge in [-0.3, -0.25) is 0 Å². The molecule has 0 amide bonds. The third-order valence-corrected chi connectivity index (χ3v) is 5.56. The Labute approximate surface area is 126 Å². The Morgan fingerprint density at radius 2 is 1.72 bits per heavy atom. The van der Waals surface area contributed by atoms with Crippen molar-refractivity contribution in [2.45, 2.75) is 23.6 Å². The maximum atomic E-state index is 12.0. The summed E-state index contributed by atoms with van der Waals surface area (Å²) in [6, 6.07) is 4.23. The SMILES string of the molecule is CC(C)C(Br)CNS(=O)(=O)c1cc(Cl)cc(Cl)c1. The van der Waals surface area contributed by atoms with E-state index in [2.05, 4.69) is 20.7 Å². The predicted molar refractivity (Wildman–Crippen MR) is 79.2 cm³/mol. The summed E-state index contributed by atoms with van der Waals surface area (Å²) in [6.07, 6.45) is 0. The van der Waals surface area contributed by atoms with Gasteiger partial charge in [0.05, 0.1) is 4.90 Å². The molecule has 0 saturated carbocycles. The van der Waals surface area contributed by atoms with E-state index >= 15 is 0 Å². The third-order valence-electron chi connectivity index (χ3n) is 2.34. The number of sulfonamides is 1. The second kappa shape index (κ2) is 6.57. The van der Waals surface area contributed by atoms with Crippen molar-refractivity contribution in [1.29, 1.82) is 0 Å². The summed E-state index contributed by atoms with van der Waals surface area (Å²) < 4.78 is 26.5. The molecule has 1 aromatic rings. The lowest BCUT2D eigenvalue weighted by atomic mass is 10.1. The third kappa shape index (κ3) is 4.70. The molecule has 102 valence electrons. The summed E-state index contributed by atoms with van der Waals surface area (Å²) >= 11 is 15.0. The van der Waals surface area contributed by atoms with Crippen LogP contribution in [0, 0.1) is 5.92 Å². The molecule has 0 fully saturated rings. The van der Waals surface area contributed by atoms with Crippen molar-refractivity contribution < 1.29 is 8.42 Å². The van der Waals surface area contributed by atoms with E-state index in [1.54, 1.807) is 0 Å². The lowest BCUT2D eigenvalue weighted by Gasteiger charge is -2.14. The lowest BCUT2D eigenvalue weighted by Crippen LogP contribution is -2.31. The van der Waals surface area contributed by atoms with Crippen LogP contribution in [0.5, 0.6) is 0 Å². The molecule has 1 atom stereocenters. The van der Waals surface area contributed by atoms with Crippen LogP contribution in [0.15, 0.2) is 23.1 Å². The molecule has 1 aromatic carbocycles. The van der Waals surface area contributed by atoms with E-state index in [0.717, 1.165) is 0 Å². The zero-order chi connectivity index (χ0) is 13.9. The summed E-state index contributed by atoms with van der Waals surface area (Å²) in [5, 5.41) is 0.587. The van der Waals surface area contributed by atoms with Gasteiger partial charge in [0.25, 0.3) is 0 Å². The standard InChI is InChI=1S/C11H14BrCl2NO2S/c1-7(2)11(12)6-15-18(16,17)10-4-8(13)3-9(14)5-10/h3-5,7,11,15H,6H2,1-2H3. The summed E-state index contributed by atoms with van der Waals surface area (Å²) in [6.45, 7) is 4.32. The van der Waals surface area contributed by atoms with Gasteiger partial charge in [0.2, 0.25) is 10.0 Å². The first-order valence-corrected chi connectivity index (χ1v) is 8.47. The van der Waals surface area contributed by atoms with Gasteiger partial charge >= 0.3 is 0 Å². The van der Waals surface area contributed by atoms with Crippen LogP contribution in [0.3, 0.4) is 0 Å². The van der Waals surface area contributed by atoms with Gasteiger partial charge in [-0.25, -0.2) is 13.1 Å². The van der Waals surface area contributed by atoms with Crippen molar-refractivity contribution in [1.82, 2.24) is 4.72 Å². The quantitative estimate of drug-likeness (QED) is 0.798. The molecule has 1 rings (SSSR count). The van der Waals surface area contributed by atoms with Gasteiger partial charge in [0, 0.05) is 21.4 Å². The Hall–Kier alpha value is 0.190. The number of nitrogens with one attached hydrogen (secondary N) is 1. The molecule has 0 bridgehead atoms. The fraction of sp³-hybridized carbons (Fsp3) is 0.455. The van der Waals surface area contributed by atoms with Gasteiger partial charge < -0.3 is 0 Å². The molecule has 0 spiro atoms. The lowest BCUT2D eigenvalue weighted by molar-refractivity contribution is 0.563. The Morgan fingerprint density at radius 3 is 2.17 bits per heavy atom. The highest BCUT2D eigenvalue weighted by Gasteiger charge is 2.18. The smallest absolute Gasteiger partial charge is 0.210 e. The molecule has 0 heterocycles. The maximum absolute atomic E-state index is 12.0. The van der Waals surface area contributed by atoms with Crippen LogP contribution in [-0.4, -0.2) is 19.8 Å². The minimum atomic E-state index is -3.58. The number of hydrogen-bond acceptors (Lipinski definition) is 2. The van der Waals surface area contributed by atoms with Crippen LogP contribution in [0.4, 0.5) is 0 Å². The highest BCUT2D eigenvalue weighted by Crippen LogP contribution is 2.22. The number of halogens is 3. The fourth-order valence-electron chi connectivity index (χ4n) is 1.19. The molecular formula is C11H14BrCl2NO2S. The van der Waals surface area contributed by atoms with Crippen LogP contribution in [0.1, 0.15) is 13.8 Å². The number of hydrogen-bond donors (Lipinski definition) is 1. The Kier molecular flexibility index (Phi) is 5.93. The topological polar surface area (TPSA) is 46.2 Å². The zero-order valence-corrected chi connectivity index (χ0v) is 13.9. The van der Waals surface area contributed by atoms with Crippen molar-refractivity contribution in [3.05, 3.63) is 28.2 Å². The van der Waals surface area contributed by atoms with Gasteiger partial charge in [0.1, 0.15) is 0 Å². The summed E-state index contributed by atoms with van der Waals surface area (Å²) in [7, 11) is -3.58. The normalized spacial score (nSPS) is 13.9. The maximum Gasteiger partial charge on any atom is 0.240 e. The van der Waals surface area contributed by atoms with Crippen molar-refractivity contribution in [2.24, 2.45) is 5.92 Å². The predicted octanol–water partition coefficient (Wildman–Crippen LogP) is 3.69. The van der Waals surface area contributed by atoms with Crippen LogP contribution >= 0.6 is 39.1 Å².